The van der Waals surface area contributed by atoms with Crippen molar-refractivity contribution in [1.82, 2.24) is 5.43 Å². The van der Waals surface area contributed by atoms with Crippen molar-refractivity contribution in [2.45, 2.75) is 13.3 Å². The summed E-state index contributed by atoms with van der Waals surface area (Å²) in [4.78, 5) is 4.41. The van der Waals surface area contributed by atoms with Crippen LogP contribution in [0.3, 0.4) is 0 Å². The summed E-state index contributed by atoms with van der Waals surface area (Å²) in [7, 11) is 0. The third-order valence-electron chi connectivity index (χ3n) is 3.10. The summed E-state index contributed by atoms with van der Waals surface area (Å²) < 4.78 is 5.28. The molecule has 0 saturated heterocycles. The smallest absolute Gasteiger partial charge is 0.210 e. The molecule has 0 heterocycles. The van der Waals surface area contributed by atoms with Crippen LogP contribution in [0.15, 0.2) is 47.5 Å². The first-order valence-corrected chi connectivity index (χ1v) is 7.18. The molecule has 5 nitrogen and oxygen atoms in total. The summed E-state index contributed by atoms with van der Waals surface area (Å²) in [6, 6.07) is 14.3. The van der Waals surface area contributed by atoms with E-state index in [9.17, 15) is 0 Å². The number of guanidine groups is 1. The first-order chi connectivity index (χ1) is 10.3. The second-order valence-corrected chi connectivity index (χ2v) is 4.58. The zero-order chi connectivity index (χ0) is 14.9. The van der Waals surface area contributed by atoms with E-state index in [0.717, 1.165) is 24.1 Å². The van der Waals surface area contributed by atoms with Gasteiger partial charge >= 0.3 is 0 Å². The number of rotatable bonds is 6. The summed E-state index contributed by atoms with van der Waals surface area (Å²) in [5.41, 5.74) is 3.59. The molecule has 0 bridgehead atoms. The minimum absolute atomic E-state index is 0.558. The summed E-state index contributed by atoms with van der Waals surface area (Å²) in [5.74, 6) is 6.09. The number of ether oxygens (including phenoxy) is 1. The van der Waals surface area contributed by atoms with Crippen molar-refractivity contribution in [3.8, 4) is 0 Å². The molecule has 0 aromatic heterocycles. The van der Waals surface area contributed by atoms with Gasteiger partial charge in [-0.05, 0) is 24.8 Å². The molecule has 0 atom stereocenters. The number of nitrogens with one attached hydrogen (secondary N) is 2. The van der Waals surface area contributed by atoms with Gasteiger partial charge in [-0.3, -0.25) is 10.4 Å². The number of anilines is 1. The molecule has 2 aromatic rings. The molecule has 0 amide bonds. The highest BCUT2D eigenvalue weighted by atomic mass is 16.5. The van der Waals surface area contributed by atoms with Gasteiger partial charge in [0.1, 0.15) is 0 Å². The van der Waals surface area contributed by atoms with Gasteiger partial charge in [-0.2, -0.15) is 0 Å². The van der Waals surface area contributed by atoms with Crippen molar-refractivity contribution in [3.63, 3.8) is 0 Å². The number of aliphatic imine (C=N–C) groups is 1. The molecule has 0 unspecified atom stereocenters. The van der Waals surface area contributed by atoms with E-state index in [0.29, 0.717) is 19.1 Å². The van der Waals surface area contributed by atoms with Crippen molar-refractivity contribution in [2.75, 3.05) is 25.1 Å². The van der Waals surface area contributed by atoms with Gasteiger partial charge in [0.05, 0.1) is 0 Å². The number of hydrogen-bond acceptors (Lipinski definition) is 3. The fourth-order valence-electron chi connectivity index (χ4n) is 2.09. The molecule has 4 N–H and O–H groups in total. The van der Waals surface area contributed by atoms with Crippen LogP contribution in [0, 0.1) is 0 Å². The Morgan fingerprint density at radius 1 is 1.19 bits per heavy atom. The molecule has 0 fully saturated rings. The molecule has 0 spiro atoms. The average Bonchev–Trinajstić information content (AvgIpc) is 2.53. The van der Waals surface area contributed by atoms with E-state index >= 15 is 0 Å². The predicted molar refractivity (Wildman–Crippen MR) is 88.3 cm³/mol. The van der Waals surface area contributed by atoms with Crippen LogP contribution in [-0.4, -0.2) is 25.7 Å². The van der Waals surface area contributed by atoms with Crippen LogP contribution in [0.2, 0.25) is 0 Å². The monoisotopic (exact) mass is 286 g/mol. The van der Waals surface area contributed by atoms with Gasteiger partial charge in [0.2, 0.25) is 5.96 Å². The molecule has 0 radical (unpaired) electrons. The standard InChI is InChI=1S/C16H22N4O/c1-2-21-12-6-11-18-16(20-17)19-15-10-5-8-13-7-3-4-9-14(13)15/h3-5,7-10H,2,6,11-12,17H2,1H3,(H2,18,19,20). The lowest BCUT2D eigenvalue weighted by molar-refractivity contribution is 0.146. The first-order valence-electron chi connectivity index (χ1n) is 7.18. The topological polar surface area (TPSA) is 71.7 Å². The molecule has 5 heteroatoms. The molecular formula is C16H22N4O. The highest BCUT2D eigenvalue weighted by Crippen LogP contribution is 2.22. The number of fused-ring (bicyclic) bond motifs is 1. The highest BCUT2D eigenvalue weighted by molar-refractivity contribution is 6.03. The number of nitrogens with two attached hydrogens (primary N) is 1. The van der Waals surface area contributed by atoms with Gasteiger partial charge in [-0.15, -0.1) is 0 Å². The Morgan fingerprint density at radius 2 is 2.00 bits per heavy atom. The van der Waals surface area contributed by atoms with Crippen LogP contribution >= 0.6 is 0 Å². The first kappa shape index (κ1) is 15.3. The highest BCUT2D eigenvalue weighted by Gasteiger charge is 2.02. The summed E-state index contributed by atoms with van der Waals surface area (Å²) in [6.07, 6.45) is 0.871. The number of hydrogen-bond donors (Lipinski definition) is 3. The van der Waals surface area contributed by atoms with Crippen molar-refractivity contribution in [3.05, 3.63) is 42.5 Å². The lowest BCUT2D eigenvalue weighted by atomic mass is 10.1. The zero-order valence-corrected chi connectivity index (χ0v) is 12.3. The van der Waals surface area contributed by atoms with Gasteiger partial charge in [-0.25, -0.2) is 5.84 Å². The Bertz CT molecular complexity index is 592. The van der Waals surface area contributed by atoms with Crippen molar-refractivity contribution < 1.29 is 4.74 Å². The maximum Gasteiger partial charge on any atom is 0.210 e. The van der Waals surface area contributed by atoms with Gasteiger partial charge < -0.3 is 10.1 Å². The molecule has 0 aliphatic carbocycles. The third-order valence-corrected chi connectivity index (χ3v) is 3.10. The van der Waals surface area contributed by atoms with Crippen LogP contribution in [0.1, 0.15) is 13.3 Å². The van der Waals surface area contributed by atoms with Crippen LogP contribution in [-0.2, 0) is 4.74 Å². The molecule has 0 saturated carbocycles. The molecule has 21 heavy (non-hydrogen) atoms. The Morgan fingerprint density at radius 3 is 2.81 bits per heavy atom. The summed E-state index contributed by atoms with van der Waals surface area (Å²) in [6.45, 7) is 4.10. The summed E-state index contributed by atoms with van der Waals surface area (Å²) >= 11 is 0. The van der Waals surface area contributed by atoms with E-state index in [4.69, 9.17) is 10.6 Å². The van der Waals surface area contributed by atoms with Crippen LogP contribution in [0.5, 0.6) is 0 Å². The number of hydrazine groups is 1. The van der Waals surface area contributed by atoms with Gasteiger partial charge in [0, 0.05) is 30.8 Å². The molecule has 0 aliphatic heterocycles. The number of benzene rings is 2. The molecule has 112 valence electrons. The summed E-state index contributed by atoms with van der Waals surface area (Å²) in [5, 5.41) is 5.55. The Kier molecular flexibility index (Phi) is 5.99. The molecule has 0 aliphatic rings. The predicted octanol–water partition coefficient (Wildman–Crippen LogP) is 2.50. The maximum atomic E-state index is 5.53. The zero-order valence-electron chi connectivity index (χ0n) is 12.3. The van der Waals surface area contributed by atoms with Crippen LogP contribution in [0.4, 0.5) is 5.69 Å². The molecule has 2 aromatic carbocycles. The van der Waals surface area contributed by atoms with E-state index < -0.39 is 0 Å². The fourth-order valence-corrected chi connectivity index (χ4v) is 2.09. The fraction of sp³-hybridized carbons (Fsp3) is 0.312. The van der Waals surface area contributed by atoms with E-state index in [1.54, 1.807) is 0 Å². The van der Waals surface area contributed by atoms with Gasteiger partial charge in [0.15, 0.2) is 0 Å². The molecule has 2 rings (SSSR count). The third kappa shape index (κ3) is 4.44. The van der Waals surface area contributed by atoms with Gasteiger partial charge in [0.25, 0.3) is 0 Å². The lowest BCUT2D eigenvalue weighted by Crippen LogP contribution is -2.36. The van der Waals surface area contributed by atoms with E-state index in [1.807, 2.05) is 31.2 Å². The van der Waals surface area contributed by atoms with E-state index in [2.05, 4.69) is 33.9 Å². The average molecular weight is 286 g/mol. The quantitative estimate of drug-likeness (QED) is 0.251. The Balaban J connectivity index is 2.04. The second-order valence-electron chi connectivity index (χ2n) is 4.58. The second kappa shape index (κ2) is 8.24. The maximum absolute atomic E-state index is 5.53. The van der Waals surface area contributed by atoms with Gasteiger partial charge in [-0.1, -0.05) is 36.4 Å². The Labute approximate surface area is 125 Å². The van der Waals surface area contributed by atoms with Crippen molar-refractivity contribution >= 4 is 22.4 Å². The normalized spacial score (nSPS) is 11.6. The Hall–Kier alpha value is -2.11. The van der Waals surface area contributed by atoms with E-state index in [1.165, 1.54) is 5.39 Å². The minimum Gasteiger partial charge on any atom is -0.382 e. The lowest BCUT2D eigenvalue weighted by Gasteiger charge is -2.11. The minimum atomic E-state index is 0.558. The molecular weight excluding hydrogens is 264 g/mol. The van der Waals surface area contributed by atoms with Crippen LogP contribution in [0.25, 0.3) is 10.8 Å². The largest absolute Gasteiger partial charge is 0.382 e. The SMILES string of the molecule is CCOCCCN=C(NN)Nc1cccc2ccccc12. The van der Waals surface area contributed by atoms with Crippen molar-refractivity contribution in [2.24, 2.45) is 10.8 Å². The van der Waals surface area contributed by atoms with E-state index in [-0.39, 0.29) is 0 Å². The van der Waals surface area contributed by atoms with Crippen LogP contribution < -0.4 is 16.6 Å². The number of nitrogens with zero attached hydrogens (tertiary/aromatic N) is 1. The van der Waals surface area contributed by atoms with Crippen molar-refractivity contribution in [1.29, 1.82) is 0 Å².